The summed E-state index contributed by atoms with van der Waals surface area (Å²) >= 11 is 0. The van der Waals surface area contributed by atoms with Gasteiger partial charge in [0.15, 0.2) is 0 Å². The quantitative estimate of drug-likeness (QED) is 0.825. The van der Waals surface area contributed by atoms with Crippen LogP contribution >= 0.6 is 0 Å². The predicted octanol–water partition coefficient (Wildman–Crippen LogP) is 2.93. The van der Waals surface area contributed by atoms with Crippen molar-refractivity contribution in [3.05, 3.63) is 29.8 Å². The standard InChI is InChI=1S/C15H18F3N3O3/c1-21(24-2)12(22)10-4-6-11(7-5-10)19-13(23)20-14(8-3-9-14)15(16,17)18/h4-7H,3,8-9H2,1-2H3,(H2,19,20,23). The van der Waals surface area contributed by atoms with Crippen molar-refractivity contribution in [1.82, 2.24) is 10.4 Å². The van der Waals surface area contributed by atoms with Gasteiger partial charge < -0.3 is 10.6 Å². The third kappa shape index (κ3) is 3.61. The molecule has 1 aliphatic carbocycles. The third-order valence-corrected chi connectivity index (χ3v) is 4.05. The summed E-state index contributed by atoms with van der Waals surface area (Å²) in [5, 5.41) is 5.38. The highest BCUT2D eigenvalue weighted by Crippen LogP contribution is 2.45. The molecule has 2 rings (SSSR count). The molecule has 0 radical (unpaired) electrons. The molecule has 1 aliphatic rings. The summed E-state index contributed by atoms with van der Waals surface area (Å²) in [6.45, 7) is 0. The van der Waals surface area contributed by atoms with E-state index in [9.17, 15) is 22.8 Å². The highest BCUT2D eigenvalue weighted by molar-refractivity contribution is 5.95. The largest absolute Gasteiger partial charge is 0.411 e. The fourth-order valence-electron chi connectivity index (χ4n) is 2.35. The molecule has 2 N–H and O–H groups in total. The van der Waals surface area contributed by atoms with Gasteiger partial charge in [-0.25, -0.2) is 9.86 Å². The number of halogens is 3. The van der Waals surface area contributed by atoms with E-state index >= 15 is 0 Å². The lowest BCUT2D eigenvalue weighted by Crippen LogP contribution is -2.63. The minimum Gasteiger partial charge on any atom is -0.323 e. The highest BCUT2D eigenvalue weighted by atomic mass is 19.4. The van der Waals surface area contributed by atoms with Gasteiger partial charge in [-0.1, -0.05) is 0 Å². The molecule has 1 aromatic carbocycles. The molecule has 9 heteroatoms. The number of nitrogens with one attached hydrogen (secondary N) is 2. The van der Waals surface area contributed by atoms with Gasteiger partial charge in [0, 0.05) is 18.3 Å². The van der Waals surface area contributed by atoms with E-state index in [4.69, 9.17) is 4.84 Å². The molecule has 1 fully saturated rings. The number of hydrogen-bond donors (Lipinski definition) is 2. The Labute approximate surface area is 136 Å². The normalized spacial score (nSPS) is 16.0. The molecule has 3 amide bonds. The maximum Gasteiger partial charge on any atom is 0.411 e. The fraction of sp³-hybridized carbons (Fsp3) is 0.467. The lowest BCUT2D eigenvalue weighted by Gasteiger charge is -2.43. The van der Waals surface area contributed by atoms with Crippen LogP contribution in [0.25, 0.3) is 0 Å². The van der Waals surface area contributed by atoms with Crippen molar-refractivity contribution in [3.8, 4) is 0 Å². The summed E-state index contributed by atoms with van der Waals surface area (Å²) in [4.78, 5) is 28.4. The second-order valence-electron chi connectivity index (χ2n) is 5.58. The zero-order valence-corrected chi connectivity index (χ0v) is 13.2. The van der Waals surface area contributed by atoms with Crippen LogP contribution in [-0.4, -0.2) is 42.9 Å². The Morgan fingerprint density at radius 3 is 2.21 bits per heavy atom. The summed E-state index contributed by atoms with van der Waals surface area (Å²) in [6, 6.07) is 4.81. The van der Waals surface area contributed by atoms with E-state index in [1.165, 1.54) is 38.4 Å². The Kier molecular flexibility index (Phi) is 5.02. The van der Waals surface area contributed by atoms with Crippen LogP contribution in [0.5, 0.6) is 0 Å². The first kappa shape index (κ1) is 18.1. The number of hydroxylamine groups is 2. The predicted molar refractivity (Wildman–Crippen MR) is 80.3 cm³/mol. The van der Waals surface area contributed by atoms with Crippen molar-refractivity contribution in [1.29, 1.82) is 0 Å². The van der Waals surface area contributed by atoms with Crippen molar-refractivity contribution < 1.29 is 27.6 Å². The molecule has 0 aliphatic heterocycles. The minimum atomic E-state index is -4.48. The van der Waals surface area contributed by atoms with Gasteiger partial charge in [-0.05, 0) is 43.5 Å². The zero-order valence-electron chi connectivity index (χ0n) is 13.2. The van der Waals surface area contributed by atoms with Crippen LogP contribution in [0, 0.1) is 0 Å². The topological polar surface area (TPSA) is 70.7 Å². The maximum absolute atomic E-state index is 13.0. The van der Waals surface area contributed by atoms with E-state index in [-0.39, 0.29) is 24.4 Å². The summed E-state index contributed by atoms with van der Waals surface area (Å²) in [5.74, 6) is -0.390. The first-order chi connectivity index (χ1) is 11.2. The van der Waals surface area contributed by atoms with Crippen molar-refractivity contribution in [2.24, 2.45) is 0 Å². The number of hydrogen-bond acceptors (Lipinski definition) is 3. The van der Waals surface area contributed by atoms with E-state index in [0.717, 1.165) is 5.06 Å². The second-order valence-corrected chi connectivity index (χ2v) is 5.58. The molecule has 0 saturated heterocycles. The van der Waals surface area contributed by atoms with Gasteiger partial charge in [-0.3, -0.25) is 9.63 Å². The molecule has 6 nitrogen and oxygen atoms in total. The number of rotatable bonds is 4. The molecule has 0 atom stereocenters. The first-order valence-corrected chi connectivity index (χ1v) is 7.27. The third-order valence-electron chi connectivity index (χ3n) is 4.05. The molecule has 0 unspecified atom stereocenters. The second kappa shape index (κ2) is 6.68. The van der Waals surface area contributed by atoms with Gasteiger partial charge in [0.2, 0.25) is 0 Å². The van der Waals surface area contributed by atoms with Crippen molar-refractivity contribution in [2.75, 3.05) is 19.5 Å². The SMILES string of the molecule is CON(C)C(=O)c1ccc(NC(=O)NC2(C(F)(F)F)CCC2)cc1. The Balaban J connectivity index is 1.99. The molecule has 0 bridgehead atoms. The molecule has 0 aromatic heterocycles. The van der Waals surface area contributed by atoms with Crippen molar-refractivity contribution >= 4 is 17.6 Å². The fourth-order valence-corrected chi connectivity index (χ4v) is 2.35. The molecular formula is C15H18F3N3O3. The lowest BCUT2D eigenvalue weighted by molar-refractivity contribution is -0.214. The zero-order chi connectivity index (χ0) is 18.0. The minimum absolute atomic E-state index is 0.124. The van der Waals surface area contributed by atoms with Gasteiger partial charge in [-0.15, -0.1) is 0 Å². The Hall–Kier alpha value is -2.29. The molecule has 24 heavy (non-hydrogen) atoms. The van der Waals surface area contributed by atoms with Gasteiger partial charge in [0.1, 0.15) is 5.54 Å². The maximum atomic E-state index is 13.0. The number of benzene rings is 1. The van der Waals surface area contributed by atoms with Gasteiger partial charge in [0.05, 0.1) is 7.11 Å². The van der Waals surface area contributed by atoms with Crippen LogP contribution < -0.4 is 10.6 Å². The lowest BCUT2D eigenvalue weighted by atomic mass is 9.76. The summed E-state index contributed by atoms with van der Waals surface area (Å²) in [6.07, 6.45) is -4.31. The average Bonchev–Trinajstić information content (AvgIpc) is 2.49. The van der Waals surface area contributed by atoms with E-state index in [2.05, 4.69) is 5.32 Å². The van der Waals surface area contributed by atoms with Crippen molar-refractivity contribution in [2.45, 2.75) is 31.0 Å². The molecule has 0 spiro atoms. The van der Waals surface area contributed by atoms with Gasteiger partial charge in [-0.2, -0.15) is 13.2 Å². The number of nitrogens with zero attached hydrogens (tertiary/aromatic N) is 1. The van der Waals surface area contributed by atoms with Gasteiger partial charge in [0.25, 0.3) is 5.91 Å². The monoisotopic (exact) mass is 345 g/mol. The highest BCUT2D eigenvalue weighted by Gasteiger charge is 2.59. The number of anilines is 1. The molecular weight excluding hydrogens is 327 g/mol. The number of amides is 3. The number of alkyl halides is 3. The smallest absolute Gasteiger partial charge is 0.323 e. The molecule has 132 valence electrons. The molecule has 1 saturated carbocycles. The summed E-state index contributed by atoms with van der Waals surface area (Å²) < 4.78 is 39.0. The summed E-state index contributed by atoms with van der Waals surface area (Å²) in [7, 11) is 2.78. The molecule has 1 aromatic rings. The van der Waals surface area contributed by atoms with Crippen LogP contribution in [0.4, 0.5) is 23.7 Å². The number of carbonyl (C=O) groups excluding carboxylic acids is 2. The van der Waals surface area contributed by atoms with E-state index in [1.807, 2.05) is 5.32 Å². The van der Waals surface area contributed by atoms with E-state index in [0.29, 0.717) is 12.0 Å². The van der Waals surface area contributed by atoms with Gasteiger partial charge >= 0.3 is 12.2 Å². The first-order valence-electron chi connectivity index (χ1n) is 7.27. The summed E-state index contributed by atoms with van der Waals surface area (Å²) in [5.41, 5.74) is -1.55. The Morgan fingerprint density at radius 2 is 1.79 bits per heavy atom. The van der Waals surface area contributed by atoms with Crippen LogP contribution in [0.1, 0.15) is 29.6 Å². The van der Waals surface area contributed by atoms with E-state index < -0.39 is 17.7 Å². The number of carbonyl (C=O) groups is 2. The van der Waals surface area contributed by atoms with Crippen LogP contribution in [-0.2, 0) is 4.84 Å². The number of urea groups is 1. The molecule has 0 heterocycles. The average molecular weight is 345 g/mol. The Morgan fingerprint density at radius 1 is 1.21 bits per heavy atom. The van der Waals surface area contributed by atoms with Crippen LogP contribution in [0.15, 0.2) is 24.3 Å². The van der Waals surface area contributed by atoms with E-state index in [1.54, 1.807) is 0 Å². The Bertz CT molecular complexity index is 613. The van der Waals surface area contributed by atoms with Crippen molar-refractivity contribution in [3.63, 3.8) is 0 Å². The van der Waals surface area contributed by atoms with Crippen LogP contribution in [0.3, 0.4) is 0 Å². The van der Waals surface area contributed by atoms with Crippen LogP contribution in [0.2, 0.25) is 0 Å².